The molecule has 1 N–H and O–H groups in total. The Hall–Kier alpha value is -1.74. The first-order valence-electron chi connectivity index (χ1n) is 10.5. The summed E-state index contributed by atoms with van der Waals surface area (Å²) in [6, 6.07) is 8.90. The average molecular weight is 397 g/mol. The summed E-state index contributed by atoms with van der Waals surface area (Å²) < 4.78 is 18.0. The van der Waals surface area contributed by atoms with Crippen molar-refractivity contribution in [2.24, 2.45) is 0 Å². The minimum absolute atomic E-state index is 0.639. The molecule has 0 aliphatic heterocycles. The van der Waals surface area contributed by atoms with Crippen molar-refractivity contribution in [1.82, 2.24) is 0 Å². The summed E-state index contributed by atoms with van der Waals surface area (Å²) in [4.78, 5) is 0. The van der Waals surface area contributed by atoms with E-state index in [2.05, 4.69) is 29.4 Å². The maximum Gasteiger partial charge on any atom is 0.306 e. The van der Waals surface area contributed by atoms with Gasteiger partial charge in [-0.1, -0.05) is 12.1 Å². The summed E-state index contributed by atoms with van der Waals surface area (Å²) >= 11 is 0. The molecule has 0 unspecified atom stereocenters. The van der Waals surface area contributed by atoms with Gasteiger partial charge in [0.2, 0.25) is 0 Å². The molecule has 5 rings (SSSR count). The molecule has 0 saturated carbocycles. The molecule has 0 amide bonds. The number of fused-ring (bicyclic) bond motifs is 7. The molecule has 1 aromatic heterocycles. The van der Waals surface area contributed by atoms with Gasteiger partial charge in [0, 0.05) is 24.4 Å². The average Bonchev–Trinajstić information content (AvgIpc) is 2.90. The third-order valence-electron chi connectivity index (χ3n) is 6.15. The van der Waals surface area contributed by atoms with Gasteiger partial charge in [-0.15, -0.1) is 0 Å². The molecule has 28 heavy (non-hydrogen) atoms. The van der Waals surface area contributed by atoms with Gasteiger partial charge < -0.3 is 13.1 Å². The number of benzene rings is 2. The smallest absolute Gasteiger partial charge is 0.306 e. The molecule has 3 aromatic rings. The van der Waals surface area contributed by atoms with E-state index in [-0.39, 0.29) is 0 Å². The van der Waals surface area contributed by atoms with Gasteiger partial charge >= 0.3 is 8.16 Å². The van der Waals surface area contributed by atoms with E-state index < -0.39 is 8.16 Å². The quantitative estimate of drug-likeness (QED) is 0.530. The summed E-state index contributed by atoms with van der Waals surface area (Å²) in [5.74, 6) is 0. The largest absolute Gasteiger partial charge is 0.408 e. The summed E-state index contributed by atoms with van der Waals surface area (Å²) in [6.07, 6.45) is 9.72. The zero-order chi connectivity index (χ0) is 18.9. The van der Waals surface area contributed by atoms with Crippen LogP contribution in [0.1, 0.15) is 47.9 Å². The van der Waals surface area contributed by atoms with Gasteiger partial charge in [0.1, 0.15) is 11.2 Å². The number of aryl methyl sites for hydroxylation is 4. The molecule has 0 radical (unpaired) electrons. The SMILES string of the molecule is COCCNp1oc2ccc3c(c2c2c4c(ccc2o1)CCCC4)CCCC3. The summed E-state index contributed by atoms with van der Waals surface area (Å²) in [6.45, 7) is 1.35. The van der Waals surface area contributed by atoms with Crippen LogP contribution in [0.15, 0.2) is 32.7 Å². The molecule has 2 aliphatic carbocycles. The monoisotopic (exact) mass is 397 g/mol. The van der Waals surface area contributed by atoms with Crippen LogP contribution in [0.25, 0.3) is 21.9 Å². The van der Waals surface area contributed by atoms with Gasteiger partial charge in [-0.05, 0) is 85.8 Å². The summed E-state index contributed by atoms with van der Waals surface area (Å²) in [5, 5.41) is 6.02. The van der Waals surface area contributed by atoms with Crippen LogP contribution < -0.4 is 5.09 Å². The Bertz CT molecular complexity index is 979. The van der Waals surface area contributed by atoms with Gasteiger partial charge in [0.25, 0.3) is 0 Å². The van der Waals surface area contributed by atoms with Gasteiger partial charge in [-0.2, -0.15) is 0 Å². The fourth-order valence-corrected chi connectivity index (χ4v) is 5.92. The molecule has 0 atom stereocenters. The number of rotatable bonds is 4. The molecule has 2 aromatic carbocycles. The Labute approximate surface area is 166 Å². The van der Waals surface area contributed by atoms with Crippen molar-refractivity contribution in [2.45, 2.75) is 51.4 Å². The standard InChI is InChI=1S/C23H28NO3P/c1-25-15-14-24-28-26-20-12-10-16-6-2-4-8-18(16)22(20)23-19-9-5-3-7-17(19)11-13-21(23)27-28/h10-13,24H,2-9,14-15H2,1H3. The summed E-state index contributed by atoms with van der Waals surface area (Å²) in [7, 11) is 0.475. The van der Waals surface area contributed by atoms with Crippen molar-refractivity contribution >= 4 is 30.1 Å². The molecule has 0 spiro atoms. The van der Waals surface area contributed by atoms with Crippen LogP contribution in [0.5, 0.6) is 0 Å². The van der Waals surface area contributed by atoms with E-state index in [4.69, 9.17) is 13.1 Å². The topological polar surface area (TPSA) is 47.5 Å². The highest BCUT2D eigenvalue weighted by atomic mass is 31.1. The third kappa shape index (κ3) is 3.28. The molecule has 2 aliphatic rings. The van der Waals surface area contributed by atoms with E-state index in [1.807, 2.05) is 0 Å². The summed E-state index contributed by atoms with van der Waals surface area (Å²) in [5.41, 5.74) is 7.92. The van der Waals surface area contributed by atoms with Crippen molar-refractivity contribution < 1.29 is 13.1 Å². The highest BCUT2D eigenvalue weighted by molar-refractivity contribution is 7.38. The zero-order valence-electron chi connectivity index (χ0n) is 16.6. The number of hydrogen-bond acceptors (Lipinski definition) is 4. The van der Waals surface area contributed by atoms with Gasteiger partial charge in [-0.3, -0.25) is 0 Å². The Morgan fingerprint density at radius 1 is 0.821 bits per heavy atom. The minimum Gasteiger partial charge on any atom is -0.408 e. The number of hydrogen-bond donors (Lipinski definition) is 1. The molecule has 5 heteroatoms. The molecule has 1 heterocycles. The maximum absolute atomic E-state index is 6.42. The Morgan fingerprint density at radius 3 is 1.89 bits per heavy atom. The van der Waals surface area contributed by atoms with Crippen LogP contribution in [0.2, 0.25) is 0 Å². The highest BCUT2D eigenvalue weighted by Crippen LogP contribution is 2.41. The minimum atomic E-state index is -1.24. The highest BCUT2D eigenvalue weighted by Gasteiger charge is 2.21. The first-order valence-corrected chi connectivity index (χ1v) is 11.7. The van der Waals surface area contributed by atoms with Crippen LogP contribution in [-0.2, 0) is 30.4 Å². The molecular weight excluding hydrogens is 369 g/mol. The first-order chi connectivity index (χ1) is 13.8. The lowest BCUT2D eigenvalue weighted by atomic mass is 9.84. The van der Waals surface area contributed by atoms with Crippen molar-refractivity contribution in [3.63, 3.8) is 0 Å². The Balaban J connectivity index is 1.85. The lowest BCUT2D eigenvalue weighted by Crippen LogP contribution is -2.05. The lowest BCUT2D eigenvalue weighted by Gasteiger charge is -2.20. The van der Waals surface area contributed by atoms with E-state index in [1.165, 1.54) is 71.6 Å². The lowest BCUT2D eigenvalue weighted by molar-refractivity contribution is 0.211. The van der Waals surface area contributed by atoms with Crippen molar-refractivity contribution in [2.75, 3.05) is 25.3 Å². The fourth-order valence-electron chi connectivity index (χ4n) is 4.81. The van der Waals surface area contributed by atoms with Crippen LogP contribution >= 0.6 is 8.16 Å². The van der Waals surface area contributed by atoms with Crippen LogP contribution in [0, 0.1) is 0 Å². The molecule has 0 saturated heterocycles. The fraction of sp³-hybridized carbons (Fsp3) is 0.478. The molecular formula is C23H28NO3P. The van der Waals surface area contributed by atoms with Gasteiger partial charge in [0.15, 0.2) is 0 Å². The van der Waals surface area contributed by atoms with Crippen molar-refractivity contribution in [1.29, 1.82) is 0 Å². The van der Waals surface area contributed by atoms with E-state index >= 15 is 0 Å². The van der Waals surface area contributed by atoms with Gasteiger partial charge in [0.05, 0.1) is 6.61 Å². The first kappa shape index (κ1) is 18.3. The van der Waals surface area contributed by atoms with E-state index in [0.717, 1.165) is 24.0 Å². The Kier molecular flexibility index (Phi) is 5.19. The van der Waals surface area contributed by atoms with E-state index in [9.17, 15) is 0 Å². The second-order valence-electron chi connectivity index (χ2n) is 7.91. The number of methoxy groups -OCH3 is 1. The number of nitrogens with one attached hydrogen (secondary N) is 1. The second kappa shape index (κ2) is 7.94. The predicted molar refractivity (Wildman–Crippen MR) is 116 cm³/mol. The van der Waals surface area contributed by atoms with Crippen LogP contribution in [0.3, 0.4) is 0 Å². The van der Waals surface area contributed by atoms with E-state index in [0.29, 0.717) is 13.2 Å². The van der Waals surface area contributed by atoms with Gasteiger partial charge in [-0.25, -0.2) is 5.09 Å². The molecule has 0 fully saturated rings. The third-order valence-corrected chi connectivity index (χ3v) is 7.36. The van der Waals surface area contributed by atoms with Crippen LogP contribution in [-0.4, -0.2) is 20.3 Å². The normalized spacial score (nSPS) is 16.2. The molecule has 4 nitrogen and oxygen atoms in total. The van der Waals surface area contributed by atoms with Crippen molar-refractivity contribution in [3.8, 4) is 0 Å². The maximum atomic E-state index is 6.42. The van der Waals surface area contributed by atoms with Crippen LogP contribution in [0.4, 0.5) is 0 Å². The van der Waals surface area contributed by atoms with E-state index in [1.54, 1.807) is 7.11 Å². The number of ether oxygens (including phenoxy) is 1. The predicted octanol–water partition coefficient (Wildman–Crippen LogP) is 6.24. The zero-order valence-corrected chi connectivity index (χ0v) is 17.4. The Morgan fingerprint density at radius 2 is 1.36 bits per heavy atom. The molecule has 0 bridgehead atoms. The second-order valence-corrected chi connectivity index (χ2v) is 9.10. The van der Waals surface area contributed by atoms with Crippen molar-refractivity contribution in [3.05, 3.63) is 46.5 Å². The molecule has 148 valence electrons.